The van der Waals surface area contributed by atoms with Crippen molar-refractivity contribution in [2.45, 2.75) is 44.2 Å². The number of amides is 1. The van der Waals surface area contributed by atoms with Crippen LogP contribution in [0.15, 0.2) is 23.2 Å². The molecule has 1 saturated heterocycles. The third-order valence-corrected chi connectivity index (χ3v) is 5.37. The quantitative estimate of drug-likeness (QED) is 0.507. The lowest BCUT2D eigenvalue weighted by Crippen LogP contribution is -2.50. The summed E-state index contributed by atoms with van der Waals surface area (Å²) in [5.74, 6) is -0.420. The SMILES string of the molecule is CCN=C(NC1CCN(CC(=O)NC)CC1)NC1CC1c1c(F)cccc1F. The molecule has 0 radical (unpaired) electrons. The average molecular weight is 393 g/mol. The monoisotopic (exact) mass is 393 g/mol. The first kappa shape index (κ1) is 20.5. The molecule has 8 heteroatoms. The van der Waals surface area contributed by atoms with Gasteiger partial charge in [0, 0.05) is 50.2 Å². The number of nitrogens with zero attached hydrogens (tertiary/aromatic N) is 2. The smallest absolute Gasteiger partial charge is 0.233 e. The molecule has 3 N–H and O–H groups in total. The number of carbonyl (C=O) groups is 1. The molecule has 2 aliphatic rings. The number of hydrogen-bond acceptors (Lipinski definition) is 3. The van der Waals surface area contributed by atoms with E-state index in [-0.39, 0.29) is 29.5 Å². The molecule has 0 spiro atoms. The molecule has 2 unspecified atom stereocenters. The van der Waals surface area contributed by atoms with E-state index >= 15 is 0 Å². The van der Waals surface area contributed by atoms with Crippen molar-refractivity contribution >= 4 is 11.9 Å². The van der Waals surface area contributed by atoms with Crippen molar-refractivity contribution in [2.75, 3.05) is 33.2 Å². The van der Waals surface area contributed by atoms with E-state index in [0.29, 0.717) is 25.5 Å². The molecule has 0 aromatic heterocycles. The largest absolute Gasteiger partial charge is 0.358 e. The molecule has 3 rings (SSSR count). The molecule has 2 fully saturated rings. The van der Waals surface area contributed by atoms with Crippen LogP contribution < -0.4 is 16.0 Å². The number of benzene rings is 1. The van der Waals surface area contributed by atoms with Crippen LogP contribution in [0.4, 0.5) is 8.78 Å². The topological polar surface area (TPSA) is 68.8 Å². The van der Waals surface area contributed by atoms with E-state index in [1.807, 2.05) is 6.92 Å². The Bertz CT molecular complexity index is 698. The lowest BCUT2D eigenvalue weighted by Gasteiger charge is -2.32. The third-order valence-electron chi connectivity index (χ3n) is 5.37. The minimum absolute atomic E-state index is 0.0162. The first-order valence-electron chi connectivity index (χ1n) is 9.96. The Hall–Kier alpha value is -2.22. The van der Waals surface area contributed by atoms with Gasteiger partial charge < -0.3 is 16.0 Å². The maximum absolute atomic E-state index is 14.0. The predicted octanol–water partition coefficient (Wildman–Crippen LogP) is 1.59. The molecule has 1 aromatic rings. The Labute approximate surface area is 164 Å². The third kappa shape index (κ3) is 5.19. The fourth-order valence-electron chi connectivity index (χ4n) is 3.72. The van der Waals surface area contributed by atoms with E-state index in [2.05, 4.69) is 25.8 Å². The Morgan fingerprint density at radius 1 is 1.21 bits per heavy atom. The number of carbonyl (C=O) groups excluding carboxylic acids is 1. The van der Waals surface area contributed by atoms with Gasteiger partial charge in [-0.15, -0.1) is 0 Å². The van der Waals surface area contributed by atoms with Gasteiger partial charge in [0.05, 0.1) is 6.54 Å². The number of piperidine rings is 1. The van der Waals surface area contributed by atoms with Gasteiger partial charge in [0.1, 0.15) is 11.6 Å². The van der Waals surface area contributed by atoms with Crippen molar-refractivity contribution in [3.05, 3.63) is 35.4 Å². The van der Waals surface area contributed by atoms with Crippen LogP contribution in [0, 0.1) is 11.6 Å². The predicted molar refractivity (Wildman–Crippen MR) is 105 cm³/mol. The first-order chi connectivity index (χ1) is 13.5. The van der Waals surface area contributed by atoms with Crippen LogP contribution in [0.5, 0.6) is 0 Å². The molecule has 154 valence electrons. The number of rotatable bonds is 6. The molecule has 6 nitrogen and oxygen atoms in total. The number of likely N-dealkylation sites (tertiary alicyclic amines) is 1. The summed E-state index contributed by atoms with van der Waals surface area (Å²) in [7, 11) is 1.65. The van der Waals surface area contributed by atoms with Gasteiger partial charge in [0.25, 0.3) is 0 Å². The van der Waals surface area contributed by atoms with Crippen LogP contribution >= 0.6 is 0 Å². The molecular formula is C20H29F2N5O. The molecule has 1 aliphatic carbocycles. The van der Waals surface area contributed by atoms with Gasteiger partial charge in [0.2, 0.25) is 5.91 Å². The Morgan fingerprint density at radius 2 is 1.89 bits per heavy atom. The highest BCUT2D eigenvalue weighted by molar-refractivity contribution is 5.81. The van der Waals surface area contributed by atoms with Gasteiger partial charge in [-0.25, -0.2) is 8.78 Å². The minimum atomic E-state index is -0.486. The van der Waals surface area contributed by atoms with E-state index in [9.17, 15) is 13.6 Å². The Balaban J connectivity index is 1.51. The van der Waals surface area contributed by atoms with Crippen LogP contribution in [0.2, 0.25) is 0 Å². The molecule has 1 heterocycles. The molecule has 1 amide bonds. The maximum Gasteiger partial charge on any atom is 0.233 e. The second-order valence-electron chi connectivity index (χ2n) is 7.42. The summed E-state index contributed by atoms with van der Waals surface area (Å²) in [4.78, 5) is 18.1. The van der Waals surface area contributed by atoms with Crippen LogP contribution in [-0.2, 0) is 4.79 Å². The molecule has 28 heavy (non-hydrogen) atoms. The normalized spacial score (nSPS) is 23.4. The maximum atomic E-state index is 14.0. The summed E-state index contributed by atoms with van der Waals surface area (Å²) in [5.41, 5.74) is 0.165. The fourth-order valence-corrected chi connectivity index (χ4v) is 3.72. The van der Waals surface area contributed by atoms with Crippen molar-refractivity contribution in [3.63, 3.8) is 0 Å². The van der Waals surface area contributed by atoms with Gasteiger partial charge >= 0.3 is 0 Å². The molecule has 1 aromatic carbocycles. The highest BCUT2D eigenvalue weighted by atomic mass is 19.1. The number of likely N-dealkylation sites (N-methyl/N-ethyl adjacent to an activating group) is 1. The zero-order valence-electron chi connectivity index (χ0n) is 16.5. The summed E-state index contributed by atoms with van der Waals surface area (Å²) >= 11 is 0. The first-order valence-corrected chi connectivity index (χ1v) is 9.96. The Kier molecular flexibility index (Phi) is 6.83. The summed E-state index contributed by atoms with van der Waals surface area (Å²) < 4.78 is 28.0. The van der Waals surface area contributed by atoms with E-state index in [1.165, 1.54) is 18.2 Å². The van der Waals surface area contributed by atoms with E-state index in [0.717, 1.165) is 25.9 Å². The number of hydrogen-bond donors (Lipinski definition) is 3. The second kappa shape index (κ2) is 9.32. The standard InChI is InChI=1S/C20H29F2N5O/c1-3-24-20(25-13-7-9-27(10-8-13)12-18(28)23-2)26-17-11-14(17)19-15(21)5-4-6-16(19)22/h4-6,13-14,17H,3,7-12H2,1-2H3,(H,23,28)(H2,24,25,26). The fraction of sp³-hybridized carbons (Fsp3) is 0.600. The average Bonchev–Trinajstić information content (AvgIpc) is 3.41. The van der Waals surface area contributed by atoms with Crippen molar-refractivity contribution in [1.82, 2.24) is 20.9 Å². The second-order valence-corrected chi connectivity index (χ2v) is 7.42. The van der Waals surface area contributed by atoms with Crippen LogP contribution in [0.3, 0.4) is 0 Å². The Morgan fingerprint density at radius 3 is 2.50 bits per heavy atom. The van der Waals surface area contributed by atoms with E-state index in [1.54, 1.807) is 7.05 Å². The van der Waals surface area contributed by atoms with E-state index in [4.69, 9.17) is 0 Å². The van der Waals surface area contributed by atoms with Crippen LogP contribution in [0.1, 0.15) is 37.7 Å². The summed E-state index contributed by atoms with van der Waals surface area (Å²) in [6.45, 7) is 4.69. The lowest BCUT2D eigenvalue weighted by molar-refractivity contribution is -0.122. The highest BCUT2D eigenvalue weighted by Gasteiger charge is 2.42. The summed E-state index contributed by atoms with van der Waals surface area (Å²) in [5, 5.41) is 9.41. The van der Waals surface area contributed by atoms with Gasteiger partial charge in [-0.05, 0) is 38.3 Å². The molecular weight excluding hydrogens is 364 g/mol. The number of halogens is 2. The lowest BCUT2D eigenvalue weighted by atomic mass is 10.1. The zero-order chi connectivity index (χ0) is 20.1. The van der Waals surface area contributed by atoms with Crippen LogP contribution in [0.25, 0.3) is 0 Å². The van der Waals surface area contributed by atoms with Crippen molar-refractivity contribution in [1.29, 1.82) is 0 Å². The minimum Gasteiger partial charge on any atom is -0.358 e. The zero-order valence-corrected chi connectivity index (χ0v) is 16.5. The van der Waals surface area contributed by atoms with Crippen LogP contribution in [-0.4, -0.2) is 62.1 Å². The number of guanidine groups is 1. The molecule has 0 bridgehead atoms. The van der Waals surface area contributed by atoms with Crippen molar-refractivity contribution in [3.8, 4) is 0 Å². The highest BCUT2D eigenvalue weighted by Crippen LogP contribution is 2.43. The van der Waals surface area contributed by atoms with Gasteiger partial charge in [0.15, 0.2) is 5.96 Å². The van der Waals surface area contributed by atoms with Crippen molar-refractivity contribution < 1.29 is 13.6 Å². The van der Waals surface area contributed by atoms with Crippen molar-refractivity contribution in [2.24, 2.45) is 4.99 Å². The molecule has 1 aliphatic heterocycles. The summed E-state index contributed by atoms with van der Waals surface area (Å²) in [6, 6.07) is 4.25. The van der Waals surface area contributed by atoms with Gasteiger partial charge in [-0.1, -0.05) is 6.07 Å². The van der Waals surface area contributed by atoms with Gasteiger partial charge in [-0.3, -0.25) is 14.7 Å². The number of aliphatic imine (C=N–C) groups is 1. The van der Waals surface area contributed by atoms with Gasteiger partial charge in [-0.2, -0.15) is 0 Å². The number of nitrogens with one attached hydrogen (secondary N) is 3. The van der Waals surface area contributed by atoms with E-state index < -0.39 is 11.6 Å². The summed E-state index contributed by atoms with van der Waals surface area (Å²) in [6.07, 6.45) is 2.52. The molecule has 2 atom stereocenters. The molecule has 1 saturated carbocycles.